The van der Waals surface area contributed by atoms with Crippen LogP contribution in [0, 0.1) is 23.7 Å². The number of esters is 1. The Hall–Kier alpha value is -1.62. The Kier molecular flexibility index (Phi) is 15.2. The maximum Gasteiger partial charge on any atom is 0.311 e. The molecule has 55 heavy (non-hydrogen) atoms. The van der Waals surface area contributed by atoms with Gasteiger partial charge in [-0.05, 0) is 92.9 Å². The van der Waals surface area contributed by atoms with Crippen LogP contribution in [0.1, 0.15) is 122 Å². The van der Waals surface area contributed by atoms with Crippen molar-refractivity contribution < 1.29 is 58.4 Å². The number of hydrogen-bond acceptors (Lipinski definition) is 13. The number of fused-ring (bicyclic) bond motifs is 1. The van der Waals surface area contributed by atoms with Crippen LogP contribution in [0.15, 0.2) is 4.99 Å². The maximum absolute atomic E-state index is 14.3. The fourth-order valence-electron chi connectivity index (χ4n) is 9.34. The Balaban J connectivity index is 1.81. The molecule has 18 atom stereocenters. The number of ether oxygens (including phenoxy) is 7. The van der Waals surface area contributed by atoms with Crippen LogP contribution in [-0.4, -0.2) is 142 Å². The molecule has 0 radical (unpaired) electrons. The molecule has 0 saturated carbocycles. The number of cyclic esters (lactones) is 1. The Morgan fingerprint density at radius 3 is 2.20 bits per heavy atom. The largest absolute Gasteiger partial charge is 0.459 e. The highest BCUT2D eigenvalue weighted by molar-refractivity contribution is 5.76. The molecular weight excluding hydrogens is 712 g/mol. The van der Waals surface area contributed by atoms with Crippen molar-refractivity contribution in [3.05, 3.63) is 0 Å². The van der Waals surface area contributed by atoms with Crippen LogP contribution in [0.25, 0.3) is 0 Å². The molecule has 320 valence electrons. The van der Waals surface area contributed by atoms with Gasteiger partial charge in [-0.25, -0.2) is 4.99 Å². The van der Waals surface area contributed by atoms with E-state index in [1.54, 1.807) is 34.6 Å². The monoisotopic (exact) mass is 787 g/mol. The van der Waals surface area contributed by atoms with Gasteiger partial charge in [0, 0.05) is 32.5 Å². The molecule has 0 aromatic carbocycles. The lowest BCUT2D eigenvalue weighted by atomic mass is 9.76. The number of nitrogens with zero attached hydrogens (tertiary/aromatic N) is 2. The summed E-state index contributed by atoms with van der Waals surface area (Å²) in [6.07, 6.45) is -5.66. The fourth-order valence-corrected chi connectivity index (χ4v) is 9.34. The third-order valence-electron chi connectivity index (χ3n) is 12.8. The van der Waals surface area contributed by atoms with E-state index in [1.807, 2.05) is 46.6 Å². The van der Waals surface area contributed by atoms with Gasteiger partial charge in [-0.2, -0.15) is 0 Å². The molecule has 14 nitrogen and oxygen atoms in total. The number of likely N-dealkylation sites (N-methyl/N-ethyl adjacent to an activating group) is 1. The highest BCUT2D eigenvalue weighted by atomic mass is 16.7. The second-order valence-corrected chi connectivity index (χ2v) is 18.3. The minimum Gasteiger partial charge on any atom is -0.459 e. The number of aliphatic hydroxyl groups is 4. The summed E-state index contributed by atoms with van der Waals surface area (Å²) in [7, 11) is 3.48. The molecule has 0 aliphatic carbocycles. The third-order valence-corrected chi connectivity index (χ3v) is 12.8. The van der Waals surface area contributed by atoms with E-state index in [2.05, 4.69) is 6.92 Å². The van der Waals surface area contributed by atoms with E-state index < -0.39 is 89.9 Å². The van der Waals surface area contributed by atoms with Gasteiger partial charge in [-0.15, -0.1) is 0 Å². The first kappa shape index (κ1) is 46.1. The number of rotatable bonds is 7. The molecular formula is C41H74N2O12. The van der Waals surface area contributed by atoms with Gasteiger partial charge in [0.25, 0.3) is 6.02 Å². The van der Waals surface area contributed by atoms with Gasteiger partial charge in [0.1, 0.15) is 17.8 Å². The van der Waals surface area contributed by atoms with Crippen molar-refractivity contribution in [2.75, 3.05) is 14.2 Å². The lowest BCUT2D eigenvalue weighted by Gasteiger charge is -2.48. The van der Waals surface area contributed by atoms with Crippen molar-refractivity contribution in [1.29, 1.82) is 0 Å². The van der Waals surface area contributed by atoms with Crippen LogP contribution in [0.2, 0.25) is 0 Å². The second kappa shape index (κ2) is 18.1. The minimum absolute atomic E-state index is 0.00568. The number of carbonyl (C=O) groups is 1. The van der Waals surface area contributed by atoms with Crippen molar-refractivity contribution in [2.45, 2.75) is 212 Å². The van der Waals surface area contributed by atoms with Gasteiger partial charge >= 0.3 is 5.97 Å². The molecule has 4 aliphatic rings. The first-order valence-corrected chi connectivity index (χ1v) is 20.6. The third kappa shape index (κ3) is 10.2. The highest BCUT2D eigenvalue weighted by Crippen LogP contribution is 2.42. The molecule has 4 fully saturated rings. The lowest BCUT2D eigenvalue weighted by molar-refractivity contribution is -0.313. The highest BCUT2D eigenvalue weighted by Gasteiger charge is 2.54. The zero-order valence-electron chi connectivity index (χ0n) is 35.9. The number of methoxy groups -OCH3 is 1. The van der Waals surface area contributed by atoms with Crippen molar-refractivity contribution in [3.8, 4) is 0 Å². The van der Waals surface area contributed by atoms with E-state index in [1.165, 1.54) is 14.0 Å². The predicted octanol–water partition coefficient (Wildman–Crippen LogP) is 4.17. The summed E-state index contributed by atoms with van der Waals surface area (Å²) in [5.74, 6) is -2.68. The molecule has 0 aromatic rings. The number of carbonyl (C=O) groups excluding carboxylic acids is 1. The van der Waals surface area contributed by atoms with Gasteiger partial charge in [0.15, 0.2) is 18.7 Å². The molecule has 4 heterocycles. The number of aliphatic hydroxyl groups excluding tert-OH is 2. The molecule has 4 N–H and O–H groups in total. The normalized spacial score (nSPS) is 48.9. The van der Waals surface area contributed by atoms with Crippen LogP contribution < -0.4 is 0 Å². The first-order chi connectivity index (χ1) is 25.5. The van der Waals surface area contributed by atoms with Gasteiger partial charge in [0.2, 0.25) is 0 Å². The molecule has 0 bridgehead atoms. The molecule has 0 spiro atoms. The topological polar surface area (TPSA) is 178 Å². The fraction of sp³-hybridized carbons (Fsp3) is 0.951. The summed E-state index contributed by atoms with van der Waals surface area (Å²) in [5, 5.41) is 46.8. The maximum atomic E-state index is 14.3. The van der Waals surface area contributed by atoms with E-state index >= 15 is 0 Å². The zero-order valence-corrected chi connectivity index (χ0v) is 35.9. The Bertz CT molecular complexity index is 1300. The molecule has 0 aromatic heterocycles. The van der Waals surface area contributed by atoms with Crippen molar-refractivity contribution in [1.82, 2.24) is 4.90 Å². The van der Waals surface area contributed by atoms with Crippen molar-refractivity contribution >= 4 is 12.0 Å². The molecule has 0 amide bonds. The molecule has 4 rings (SSSR count). The van der Waals surface area contributed by atoms with Crippen LogP contribution in [0.3, 0.4) is 0 Å². The van der Waals surface area contributed by atoms with E-state index in [4.69, 9.17) is 38.2 Å². The van der Waals surface area contributed by atoms with E-state index in [0.717, 1.165) is 0 Å². The minimum atomic E-state index is -1.73. The van der Waals surface area contributed by atoms with Gasteiger partial charge < -0.3 is 58.5 Å². The molecule has 4 saturated heterocycles. The summed E-state index contributed by atoms with van der Waals surface area (Å²) < 4.78 is 44.8. The Labute approximate surface area is 329 Å². The van der Waals surface area contributed by atoms with E-state index in [-0.39, 0.29) is 42.9 Å². The van der Waals surface area contributed by atoms with Gasteiger partial charge in [-0.1, -0.05) is 34.1 Å². The van der Waals surface area contributed by atoms with Crippen molar-refractivity contribution in [3.63, 3.8) is 0 Å². The van der Waals surface area contributed by atoms with Crippen LogP contribution >= 0.6 is 0 Å². The number of hydrogen-bond donors (Lipinski definition) is 4. The molecule has 4 aliphatic heterocycles. The van der Waals surface area contributed by atoms with Crippen LogP contribution in [0.5, 0.6) is 0 Å². The van der Waals surface area contributed by atoms with Gasteiger partial charge in [0.05, 0.1) is 53.7 Å². The van der Waals surface area contributed by atoms with Crippen LogP contribution in [-0.2, 0) is 38.0 Å². The summed E-state index contributed by atoms with van der Waals surface area (Å²) in [4.78, 5) is 21.0. The number of amidine groups is 1. The predicted molar refractivity (Wildman–Crippen MR) is 206 cm³/mol. The molecule has 0 unspecified atom stereocenters. The quantitative estimate of drug-likeness (QED) is 0.271. The second-order valence-electron chi connectivity index (χ2n) is 18.3. The summed E-state index contributed by atoms with van der Waals surface area (Å²) in [6, 6.07) is 0.427. The SMILES string of the molecule is CC[C@H]1OC(=O)[C@H](C)[C@@H](O[C@H]2C[C@@](C)(OC)[C@@H](O)[C@H](C)O2)[C@H](C)[C@@H](O[C@@H]2O[C@H](C)C[C@H]3[C@H]2OC(=NC(C)C)N3C)[C@](C)(O)C[C@@H](C)CC[C@H](C)[C@@H](O)[C@]1(C)O. The van der Waals surface area contributed by atoms with E-state index in [9.17, 15) is 25.2 Å². The molecule has 14 heteroatoms. The smallest absolute Gasteiger partial charge is 0.311 e. The average molecular weight is 787 g/mol. The summed E-state index contributed by atoms with van der Waals surface area (Å²) in [5.41, 5.74) is -4.23. The number of aliphatic imine (C=N–C) groups is 1. The van der Waals surface area contributed by atoms with Crippen molar-refractivity contribution in [2.24, 2.45) is 28.7 Å². The van der Waals surface area contributed by atoms with Gasteiger partial charge in [-0.3, -0.25) is 4.79 Å². The van der Waals surface area contributed by atoms with Crippen LogP contribution in [0.4, 0.5) is 0 Å². The standard InChI is InChI=1S/C41H74N2O12/c1-15-29-41(12,48)33(44)23(5)17-16-22(4)19-39(10,47)35(55-37-32-28(18-24(6)50-37)43(13)38(54-32)42-21(2)3)25(7)31(26(8)36(46)52-29)53-30-20-40(11,49-14)34(45)27(9)51-30/h21-35,37,44-45,47-48H,15-20H2,1-14H3/t22-,23-,24+,25-,26+,27-,28-,29+,30-,31-,32+,33+,34-,35+,37-,39+,40+,41+/m0/s1. The zero-order chi connectivity index (χ0) is 41.4. The lowest BCUT2D eigenvalue weighted by Crippen LogP contribution is -2.60. The summed E-state index contributed by atoms with van der Waals surface area (Å²) in [6.45, 7) is 22.0. The Morgan fingerprint density at radius 1 is 0.945 bits per heavy atom. The first-order valence-electron chi connectivity index (χ1n) is 20.6. The Morgan fingerprint density at radius 2 is 1.60 bits per heavy atom. The average Bonchev–Trinajstić information content (AvgIpc) is 3.41. The summed E-state index contributed by atoms with van der Waals surface area (Å²) >= 11 is 0. The van der Waals surface area contributed by atoms with E-state index in [0.29, 0.717) is 31.7 Å².